The van der Waals surface area contributed by atoms with Crippen molar-refractivity contribution in [1.29, 1.82) is 0 Å². The Bertz CT molecular complexity index is 451. The van der Waals surface area contributed by atoms with E-state index >= 15 is 0 Å². The first-order valence-corrected chi connectivity index (χ1v) is 5.68. The molecular weight excluding hydrogens is 284 g/mol. The van der Waals surface area contributed by atoms with E-state index in [0.29, 0.717) is 11.3 Å². The number of nitrogens with one attached hydrogen (secondary N) is 1. The van der Waals surface area contributed by atoms with E-state index in [1.165, 1.54) is 12.1 Å². The lowest BCUT2D eigenvalue weighted by atomic mass is 10.1. The van der Waals surface area contributed by atoms with E-state index in [4.69, 9.17) is 18.0 Å². The molecule has 0 aromatic heterocycles. The number of halogens is 4. The Labute approximate surface area is 112 Å². The van der Waals surface area contributed by atoms with Crippen molar-refractivity contribution < 1.29 is 22.3 Å². The SMILES string of the molecule is NC(=S)c1cc(F)ccc1NCCOCC(F)(F)F. The molecular formula is C11H12F4N2OS. The van der Waals surface area contributed by atoms with Crippen LogP contribution >= 0.6 is 12.2 Å². The predicted octanol–water partition coefficient (Wildman–Crippen LogP) is 2.45. The van der Waals surface area contributed by atoms with Crippen molar-refractivity contribution in [2.45, 2.75) is 6.18 Å². The molecule has 1 rings (SSSR count). The first kappa shape index (κ1) is 15.6. The van der Waals surface area contributed by atoms with Crippen molar-refractivity contribution in [2.24, 2.45) is 5.73 Å². The molecule has 0 fully saturated rings. The lowest BCUT2D eigenvalue weighted by Crippen LogP contribution is -2.21. The van der Waals surface area contributed by atoms with Gasteiger partial charge < -0.3 is 15.8 Å². The van der Waals surface area contributed by atoms with Gasteiger partial charge in [0.2, 0.25) is 0 Å². The van der Waals surface area contributed by atoms with Gasteiger partial charge in [-0.05, 0) is 18.2 Å². The lowest BCUT2D eigenvalue weighted by molar-refractivity contribution is -0.172. The van der Waals surface area contributed by atoms with Crippen molar-refractivity contribution in [2.75, 3.05) is 25.1 Å². The van der Waals surface area contributed by atoms with Gasteiger partial charge in [-0.2, -0.15) is 13.2 Å². The van der Waals surface area contributed by atoms with E-state index in [-0.39, 0.29) is 18.1 Å². The van der Waals surface area contributed by atoms with Crippen LogP contribution in [0.1, 0.15) is 5.56 Å². The van der Waals surface area contributed by atoms with Crippen LogP contribution in [0.4, 0.5) is 23.2 Å². The van der Waals surface area contributed by atoms with E-state index in [2.05, 4.69) is 10.1 Å². The molecule has 106 valence electrons. The van der Waals surface area contributed by atoms with E-state index in [1.807, 2.05) is 0 Å². The van der Waals surface area contributed by atoms with Crippen LogP contribution < -0.4 is 11.1 Å². The largest absolute Gasteiger partial charge is 0.411 e. The van der Waals surface area contributed by atoms with Gasteiger partial charge in [-0.3, -0.25) is 0 Å². The summed E-state index contributed by atoms with van der Waals surface area (Å²) in [7, 11) is 0. The summed E-state index contributed by atoms with van der Waals surface area (Å²) >= 11 is 4.75. The summed E-state index contributed by atoms with van der Waals surface area (Å²) < 4.78 is 52.8. The summed E-state index contributed by atoms with van der Waals surface area (Å²) in [5.74, 6) is -0.498. The van der Waals surface area contributed by atoms with Gasteiger partial charge in [-0.15, -0.1) is 0 Å². The number of alkyl halides is 3. The standard InChI is InChI=1S/C11H12F4N2OS/c12-7-1-2-9(8(5-7)10(16)19)17-3-4-18-6-11(13,14)15/h1-2,5,17H,3-4,6H2,(H2,16,19). The Balaban J connectivity index is 2.47. The summed E-state index contributed by atoms with van der Waals surface area (Å²) in [6.45, 7) is -1.33. The lowest BCUT2D eigenvalue weighted by Gasteiger charge is -2.12. The molecule has 0 radical (unpaired) electrons. The van der Waals surface area contributed by atoms with Crippen LogP contribution in [0.15, 0.2) is 18.2 Å². The highest BCUT2D eigenvalue weighted by molar-refractivity contribution is 7.80. The van der Waals surface area contributed by atoms with E-state index in [0.717, 1.165) is 6.07 Å². The molecule has 0 heterocycles. The number of benzene rings is 1. The Morgan fingerprint density at radius 1 is 1.37 bits per heavy atom. The van der Waals surface area contributed by atoms with Crippen molar-refractivity contribution >= 4 is 22.9 Å². The monoisotopic (exact) mass is 296 g/mol. The van der Waals surface area contributed by atoms with Crippen molar-refractivity contribution in [3.8, 4) is 0 Å². The predicted molar refractivity (Wildman–Crippen MR) is 67.7 cm³/mol. The molecule has 3 N–H and O–H groups in total. The second-order valence-electron chi connectivity index (χ2n) is 3.65. The zero-order valence-electron chi connectivity index (χ0n) is 9.76. The van der Waals surface area contributed by atoms with Crippen molar-refractivity contribution in [3.63, 3.8) is 0 Å². The molecule has 1 aromatic rings. The summed E-state index contributed by atoms with van der Waals surface area (Å²) in [6.07, 6.45) is -4.35. The zero-order valence-corrected chi connectivity index (χ0v) is 10.6. The number of anilines is 1. The van der Waals surface area contributed by atoms with Crippen molar-refractivity contribution in [1.82, 2.24) is 0 Å². The highest BCUT2D eigenvalue weighted by atomic mass is 32.1. The Morgan fingerprint density at radius 2 is 2.05 bits per heavy atom. The number of thiocarbonyl (C=S) groups is 1. The van der Waals surface area contributed by atoms with Crippen LogP contribution in [0.25, 0.3) is 0 Å². The molecule has 0 unspecified atom stereocenters. The maximum atomic E-state index is 13.0. The molecule has 0 aliphatic rings. The minimum absolute atomic E-state index is 0.00166. The summed E-state index contributed by atoms with van der Waals surface area (Å²) in [6, 6.07) is 3.76. The van der Waals surface area contributed by atoms with Gasteiger partial charge in [0, 0.05) is 17.8 Å². The van der Waals surface area contributed by atoms with Gasteiger partial charge in [0.15, 0.2) is 0 Å². The quantitative estimate of drug-likeness (QED) is 0.481. The number of nitrogens with two attached hydrogens (primary N) is 1. The minimum Gasteiger partial charge on any atom is -0.389 e. The number of rotatable bonds is 6. The molecule has 0 amide bonds. The fourth-order valence-corrected chi connectivity index (χ4v) is 1.49. The topological polar surface area (TPSA) is 47.3 Å². The normalized spacial score (nSPS) is 11.4. The van der Waals surface area contributed by atoms with Crippen LogP contribution in [0.3, 0.4) is 0 Å². The molecule has 0 saturated heterocycles. The summed E-state index contributed by atoms with van der Waals surface area (Å²) in [5, 5.41) is 2.78. The van der Waals surface area contributed by atoms with Gasteiger partial charge in [0.1, 0.15) is 17.4 Å². The van der Waals surface area contributed by atoms with Crippen LogP contribution in [-0.4, -0.2) is 30.9 Å². The van der Waals surface area contributed by atoms with E-state index < -0.39 is 18.6 Å². The highest BCUT2D eigenvalue weighted by Gasteiger charge is 2.27. The minimum atomic E-state index is -4.35. The summed E-state index contributed by atoms with van der Waals surface area (Å²) in [4.78, 5) is -0.00166. The van der Waals surface area contributed by atoms with Gasteiger partial charge >= 0.3 is 6.18 Å². The molecule has 3 nitrogen and oxygen atoms in total. The first-order valence-electron chi connectivity index (χ1n) is 5.27. The highest BCUT2D eigenvalue weighted by Crippen LogP contribution is 2.17. The smallest absolute Gasteiger partial charge is 0.389 e. The molecule has 19 heavy (non-hydrogen) atoms. The van der Waals surface area contributed by atoms with Gasteiger partial charge in [0.05, 0.1) is 6.61 Å². The molecule has 0 aliphatic heterocycles. The zero-order chi connectivity index (χ0) is 14.5. The van der Waals surface area contributed by atoms with Gasteiger partial charge in [-0.25, -0.2) is 4.39 Å². The van der Waals surface area contributed by atoms with Gasteiger partial charge in [-0.1, -0.05) is 12.2 Å². The molecule has 0 bridgehead atoms. The number of hydrogen-bond acceptors (Lipinski definition) is 3. The van der Waals surface area contributed by atoms with Crippen LogP contribution in [0.5, 0.6) is 0 Å². The average molecular weight is 296 g/mol. The molecule has 1 aromatic carbocycles. The number of hydrogen-bond donors (Lipinski definition) is 2. The maximum absolute atomic E-state index is 13.0. The van der Waals surface area contributed by atoms with Crippen LogP contribution in [-0.2, 0) is 4.74 Å². The number of ether oxygens (including phenoxy) is 1. The second kappa shape index (κ2) is 6.67. The van der Waals surface area contributed by atoms with Crippen LogP contribution in [0, 0.1) is 5.82 Å². The first-order chi connectivity index (χ1) is 8.79. The average Bonchev–Trinajstić information content (AvgIpc) is 2.28. The van der Waals surface area contributed by atoms with E-state index in [1.54, 1.807) is 0 Å². The Morgan fingerprint density at radius 3 is 2.63 bits per heavy atom. The third kappa shape index (κ3) is 5.84. The fraction of sp³-hybridized carbons (Fsp3) is 0.364. The molecule has 0 spiro atoms. The fourth-order valence-electron chi connectivity index (χ4n) is 1.32. The van der Waals surface area contributed by atoms with E-state index in [9.17, 15) is 17.6 Å². The third-order valence-electron chi connectivity index (χ3n) is 2.07. The molecule has 8 heteroatoms. The third-order valence-corrected chi connectivity index (χ3v) is 2.29. The van der Waals surface area contributed by atoms with Gasteiger partial charge in [0.25, 0.3) is 0 Å². The Kier molecular flexibility index (Phi) is 5.49. The molecule has 0 atom stereocenters. The Hall–Kier alpha value is -1.41. The molecule has 0 saturated carbocycles. The maximum Gasteiger partial charge on any atom is 0.411 e. The molecule has 0 aliphatic carbocycles. The van der Waals surface area contributed by atoms with Crippen LogP contribution in [0.2, 0.25) is 0 Å². The summed E-state index contributed by atoms with van der Waals surface area (Å²) in [5.41, 5.74) is 6.16. The van der Waals surface area contributed by atoms with Crippen molar-refractivity contribution in [3.05, 3.63) is 29.6 Å². The second-order valence-corrected chi connectivity index (χ2v) is 4.09.